The molecule has 0 aromatic carbocycles. The number of amides is 3. The molecule has 19 nitrogen and oxygen atoms in total. The van der Waals surface area contributed by atoms with Gasteiger partial charge in [0, 0.05) is 37.7 Å². The lowest BCUT2D eigenvalue weighted by molar-refractivity contribution is -0.241. The molecule has 21 heteroatoms. The highest BCUT2D eigenvalue weighted by Crippen LogP contribution is 2.36. The second-order valence-corrected chi connectivity index (χ2v) is 13.2. The van der Waals surface area contributed by atoms with Crippen LogP contribution < -0.4 is 33.2 Å². The maximum atomic E-state index is 12.8. The van der Waals surface area contributed by atoms with Gasteiger partial charge in [-0.3, -0.25) is 33.5 Å². The molecule has 266 valence electrons. The van der Waals surface area contributed by atoms with E-state index >= 15 is 0 Å². The standard InChI is InChI=1S/C28H34N6O13S2/c1-44-19-18(39)26(34-8-6-15(37)33-28(34)43)46-20(19)21(23(29)40)47-27-17(38)12(35)9-13(45-27)24(41)30-7-4-2-3-5-14(36)32-16-22-11(10-48-49-22)31-25(16)42/h6,8-10,12,17-21,26-27,35,38-39H,2-5,7H2,1H3,(H2,29,40)(H,30,41)(H,31,42)(H,32,36)(H,33,37,43)/t12-,17-,18+,19-,20-,21+,26+,27+/m0/s1. The lowest BCUT2D eigenvalue weighted by Crippen LogP contribution is -2.54. The molecule has 0 spiro atoms. The first-order valence-electron chi connectivity index (χ1n) is 14.9. The van der Waals surface area contributed by atoms with Gasteiger partial charge in [-0.05, 0) is 18.9 Å². The summed E-state index contributed by atoms with van der Waals surface area (Å²) in [5, 5.41) is 38.8. The molecule has 0 saturated carbocycles. The van der Waals surface area contributed by atoms with E-state index in [0.717, 1.165) is 22.9 Å². The molecule has 5 rings (SSSR count). The fourth-order valence-electron chi connectivity index (χ4n) is 5.35. The summed E-state index contributed by atoms with van der Waals surface area (Å²) in [5.41, 5.74) is 4.48. The Balaban J connectivity index is 1.12. The Morgan fingerprint density at radius 1 is 1.12 bits per heavy atom. The van der Waals surface area contributed by atoms with Crippen LogP contribution in [0.5, 0.6) is 0 Å². The zero-order chi connectivity index (χ0) is 35.4. The van der Waals surface area contributed by atoms with Crippen molar-refractivity contribution in [2.24, 2.45) is 5.73 Å². The van der Waals surface area contributed by atoms with Crippen LogP contribution in [0.2, 0.25) is 0 Å². The molecule has 1 fully saturated rings. The number of nitrogens with zero attached hydrogens (tertiary/aromatic N) is 1. The van der Waals surface area contributed by atoms with E-state index in [1.807, 2.05) is 4.98 Å². The van der Waals surface area contributed by atoms with Crippen LogP contribution in [-0.4, -0.2) is 104 Å². The van der Waals surface area contributed by atoms with Crippen molar-refractivity contribution >= 4 is 44.1 Å². The number of anilines is 1. The van der Waals surface area contributed by atoms with Crippen LogP contribution in [0.3, 0.4) is 0 Å². The number of methoxy groups -OCH3 is 1. The van der Waals surface area contributed by atoms with E-state index in [1.165, 1.54) is 27.8 Å². The number of nitrogens with one attached hydrogen (secondary N) is 4. The minimum Gasteiger partial charge on any atom is -0.456 e. The molecule has 8 atom stereocenters. The topological polar surface area (TPSA) is 287 Å². The Morgan fingerprint density at radius 3 is 2.61 bits per heavy atom. The summed E-state index contributed by atoms with van der Waals surface area (Å²) >= 11 is 0. The summed E-state index contributed by atoms with van der Waals surface area (Å²) < 4.78 is 23.0. The highest BCUT2D eigenvalue weighted by atomic mass is 32.9. The van der Waals surface area contributed by atoms with E-state index in [-0.39, 0.29) is 30.1 Å². The molecular formula is C28H34N6O13S2. The third kappa shape index (κ3) is 7.99. The minimum atomic E-state index is -1.82. The Labute approximate surface area is 283 Å². The molecule has 49 heavy (non-hydrogen) atoms. The molecule has 4 aliphatic rings. The number of hydrogen-bond acceptors (Lipinski definition) is 15. The van der Waals surface area contributed by atoms with Crippen LogP contribution in [0.1, 0.15) is 31.9 Å². The predicted octanol–water partition coefficient (Wildman–Crippen LogP) is -2.13. The Bertz CT molecular complexity index is 1830. The van der Waals surface area contributed by atoms with Crippen LogP contribution in [0.4, 0.5) is 5.69 Å². The molecule has 9 N–H and O–H groups in total. The van der Waals surface area contributed by atoms with Crippen LogP contribution in [0, 0.1) is 0 Å². The average Bonchev–Trinajstić information content (AvgIpc) is 3.72. The third-order valence-electron chi connectivity index (χ3n) is 7.80. The highest BCUT2D eigenvalue weighted by molar-refractivity contribution is 7.70. The average molecular weight is 727 g/mol. The largest absolute Gasteiger partial charge is 0.456 e. The van der Waals surface area contributed by atoms with Gasteiger partial charge in [-0.2, -0.15) is 0 Å². The Morgan fingerprint density at radius 2 is 1.90 bits per heavy atom. The molecule has 1 saturated heterocycles. The van der Waals surface area contributed by atoms with E-state index in [1.54, 1.807) is 5.38 Å². The fourth-order valence-corrected chi connectivity index (χ4v) is 7.51. The molecular weight excluding hydrogens is 692 g/mol. The molecule has 1 aromatic heterocycles. The number of hydrogen-bond donors (Lipinski definition) is 8. The zero-order valence-electron chi connectivity index (χ0n) is 25.7. The molecule has 1 aromatic rings. The summed E-state index contributed by atoms with van der Waals surface area (Å²) in [6.45, 7) is 0.157. The zero-order valence-corrected chi connectivity index (χ0v) is 27.4. The first kappa shape index (κ1) is 36.1. The third-order valence-corrected chi connectivity index (χ3v) is 9.90. The number of aliphatic hydroxyl groups excluding tert-OH is 3. The lowest BCUT2D eigenvalue weighted by Gasteiger charge is -2.35. The van der Waals surface area contributed by atoms with Crippen LogP contribution in [0.25, 0.3) is 10.6 Å². The van der Waals surface area contributed by atoms with Gasteiger partial charge in [0.2, 0.25) is 18.1 Å². The molecule has 0 unspecified atom stereocenters. The summed E-state index contributed by atoms with van der Waals surface area (Å²) in [6, 6.07) is 1.01. The number of aliphatic hydroxyl groups is 3. The van der Waals surface area contributed by atoms with Crippen molar-refractivity contribution in [3.05, 3.63) is 60.7 Å². The van der Waals surface area contributed by atoms with Crippen molar-refractivity contribution in [3.8, 4) is 10.6 Å². The monoisotopic (exact) mass is 726 g/mol. The number of H-pyrrole nitrogens is 2. The van der Waals surface area contributed by atoms with E-state index in [2.05, 4.69) is 15.6 Å². The van der Waals surface area contributed by atoms with Crippen LogP contribution >= 0.6 is 20.7 Å². The summed E-state index contributed by atoms with van der Waals surface area (Å²) in [4.78, 5) is 78.9. The summed E-state index contributed by atoms with van der Waals surface area (Å²) in [5.74, 6) is -2.68. The second kappa shape index (κ2) is 15.6. The predicted molar refractivity (Wildman–Crippen MR) is 171 cm³/mol. The molecule has 0 radical (unpaired) electrons. The van der Waals surface area contributed by atoms with Crippen LogP contribution in [-0.2, 0) is 33.3 Å². The van der Waals surface area contributed by atoms with Gasteiger partial charge in [0.05, 0.1) is 10.6 Å². The van der Waals surface area contributed by atoms with Gasteiger partial charge in [-0.1, -0.05) is 27.1 Å². The highest BCUT2D eigenvalue weighted by Gasteiger charge is 2.52. The molecule has 3 amide bonds. The van der Waals surface area contributed by atoms with Gasteiger partial charge in [0.1, 0.15) is 36.2 Å². The van der Waals surface area contributed by atoms with Gasteiger partial charge < -0.3 is 55.6 Å². The number of fused-ring (bicyclic) bond motifs is 1. The molecule has 5 heterocycles. The van der Waals surface area contributed by atoms with E-state index in [4.69, 9.17) is 24.7 Å². The number of rotatable bonds is 14. The summed E-state index contributed by atoms with van der Waals surface area (Å²) in [7, 11) is 4.01. The number of aromatic amines is 2. The van der Waals surface area contributed by atoms with Crippen molar-refractivity contribution in [2.75, 3.05) is 19.0 Å². The number of primary amides is 1. The number of ether oxygens (including phenoxy) is 4. The van der Waals surface area contributed by atoms with Crippen molar-refractivity contribution in [3.63, 3.8) is 0 Å². The fraction of sp³-hybridized carbons (Fsp3) is 0.500. The smallest absolute Gasteiger partial charge is 0.330 e. The number of carbonyl (C=O) groups excluding carboxylic acids is 3. The summed E-state index contributed by atoms with van der Waals surface area (Å²) in [6.07, 6.45) is -9.24. The number of aromatic nitrogens is 3. The second-order valence-electron chi connectivity index (χ2n) is 11.1. The minimum absolute atomic E-state index is 0.154. The van der Waals surface area contributed by atoms with Gasteiger partial charge in [-0.25, -0.2) is 4.79 Å². The van der Waals surface area contributed by atoms with Crippen LogP contribution in [0.15, 0.2) is 43.9 Å². The number of unbranched alkanes of at least 4 members (excludes halogenated alkanes) is 2. The first-order valence-corrected chi connectivity index (χ1v) is 17.2. The Hall–Kier alpha value is -4.22. The molecule has 0 bridgehead atoms. The molecule has 0 aliphatic carbocycles. The van der Waals surface area contributed by atoms with E-state index in [0.29, 0.717) is 29.8 Å². The maximum absolute atomic E-state index is 12.8. The van der Waals surface area contributed by atoms with Gasteiger partial charge in [0.25, 0.3) is 17.0 Å². The van der Waals surface area contributed by atoms with Crippen molar-refractivity contribution in [1.29, 1.82) is 0 Å². The number of nitrogens with two attached hydrogens (primary N) is 1. The van der Waals surface area contributed by atoms with Crippen molar-refractivity contribution in [2.45, 2.75) is 74.8 Å². The maximum Gasteiger partial charge on any atom is 0.330 e. The van der Waals surface area contributed by atoms with Gasteiger partial charge >= 0.3 is 5.69 Å². The van der Waals surface area contributed by atoms with Gasteiger partial charge in [0.15, 0.2) is 18.1 Å². The van der Waals surface area contributed by atoms with E-state index < -0.39 is 78.0 Å². The van der Waals surface area contributed by atoms with E-state index in [9.17, 15) is 44.1 Å². The SMILES string of the molecule is CO[C@H]1[C@@H](O)[C@H](n2ccc(=O)[nH]c2=O)O[C@@H]1[C@@H](O[C@H]1OC(C(=O)NCCCCCC(=O)Nc2c3sscc-3[nH]c2=O)=C[C@H](O)[C@@H]1O)C(N)=O. The quantitative estimate of drug-likeness (QED) is 0.0652. The first-order chi connectivity index (χ1) is 23.4. The van der Waals surface area contributed by atoms with Crippen molar-refractivity contribution in [1.82, 2.24) is 19.9 Å². The van der Waals surface area contributed by atoms with Gasteiger partial charge in [-0.15, -0.1) is 0 Å². The number of carbonyl (C=O) groups is 3. The Kier molecular flexibility index (Phi) is 11.4. The molecule has 4 aliphatic heterocycles. The lowest BCUT2D eigenvalue weighted by atomic mass is 10.0. The van der Waals surface area contributed by atoms with Crippen molar-refractivity contribution < 1.29 is 48.7 Å². The normalized spacial score (nSPS) is 25.8.